The molecule has 3 nitrogen and oxygen atoms in total. The predicted molar refractivity (Wildman–Crippen MR) is 76.8 cm³/mol. The van der Waals surface area contributed by atoms with E-state index in [-0.39, 0.29) is 5.97 Å². The summed E-state index contributed by atoms with van der Waals surface area (Å²) in [5.74, 6) is -0.305. The van der Waals surface area contributed by atoms with E-state index < -0.39 is 0 Å². The van der Waals surface area contributed by atoms with Gasteiger partial charge in [0.05, 0.1) is 22.7 Å². The van der Waals surface area contributed by atoms with Crippen molar-refractivity contribution >= 4 is 39.4 Å². The molecule has 0 saturated heterocycles. The van der Waals surface area contributed by atoms with Gasteiger partial charge in [-0.3, -0.25) is 0 Å². The normalized spacial score (nSPS) is 11.1. The van der Waals surface area contributed by atoms with E-state index in [1.54, 1.807) is 13.0 Å². The van der Waals surface area contributed by atoms with Crippen molar-refractivity contribution in [2.75, 3.05) is 6.61 Å². The Morgan fingerprint density at radius 3 is 2.89 bits per heavy atom. The van der Waals surface area contributed by atoms with Gasteiger partial charge in [0.2, 0.25) is 0 Å². The number of para-hydroxylation sites is 1. The second kappa shape index (κ2) is 4.59. The van der Waals surface area contributed by atoms with E-state index in [0.717, 1.165) is 21.8 Å². The molecule has 0 radical (unpaired) electrons. The van der Waals surface area contributed by atoms with E-state index in [9.17, 15) is 4.79 Å². The summed E-state index contributed by atoms with van der Waals surface area (Å²) in [6.07, 6.45) is 0. The molecule has 3 aromatic rings. The topological polar surface area (TPSA) is 42.1 Å². The van der Waals surface area contributed by atoms with Crippen LogP contribution in [0.5, 0.6) is 0 Å². The van der Waals surface area contributed by atoms with E-state index in [0.29, 0.717) is 17.2 Å². The van der Waals surface area contributed by atoms with Crippen molar-refractivity contribution in [2.24, 2.45) is 0 Å². The van der Waals surface area contributed by atoms with Gasteiger partial charge in [0.25, 0.3) is 0 Å². The molecule has 0 aliphatic rings. The quantitative estimate of drug-likeness (QED) is 0.713. The number of hydrogen-bond donors (Lipinski definition) is 1. The first-order valence-electron chi connectivity index (χ1n) is 6.08. The molecule has 4 heteroatoms. The fourth-order valence-corrected chi connectivity index (χ4v) is 2.45. The summed E-state index contributed by atoms with van der Waals surface area (Å²) in [6, 6.07) is 11.2. The summed E-state index contributed by atoms with van der Waals surface area (Å²) < 4.78 is 5.01. The number of carbonyl (C=O) groups excluding carboxylic acids is 1. The highest BCUT2D eigenvalue weighted by Gasteiger charge is 2.11. The predicted octanol–water partition coefficient (Wildman–Crippen LogP) is 4.15. The lowest BCUT2D eigenvalue weighted by molar-refractivity contribution is 0.0526. The Morgan fingerprint density at radius 1 is 1.26 bits per heavy atom. The number of fused-ring (bicyclic) bond motifs is 3. The zero-order chi connectivity index (χ0) is 13.4. The molecular weight excluding hydrogens is 262 g/mol. The number of rotatable bonds is 2. The van der Waals surface area contributed by atoms with Crippen molar-refractivity contribution in [1.82, 2.24) is 4.98 Å². The molecule has 1 aromatic heterocycles. The Hall–Kier alpha value is -2.00. The molecule has 2 aromatic carbocycles. The van der Waals surface area contributed by atoms with Crippen molar-refractivity contribution in [2.45, 2.75) is 6.92 Å². The molecule has 1 heterocycles. The maximum absolute atomic E-state index is 11.8. The molecule has 19 heavy (non-hydrogen) atoms. The highest BCUT2D eigenvalue weighted by Crippen LogP contribution is 2.30. The monoisotopic (exact) mass is 273 g/mol. The maximum atomic E-state index is 11.8. The Labute approximate surface area is 115 Å². The van der Waals surface area contributed by atoms with E-state index in [2.05, 4.69) is 4.98 Å². The molecule has 0 spiro atoms. The molecule has 1 N–H and O–H groups in total. The largest absolute Gasteiger partial charge is 0.462 e. The lowest BCUT2D eigenvalue weighted by atomic mass is 10.1. The van der Waals surface area contributed by atoms with Crippen LogP contribution in [0.15, 0.2) is 36.4 Å². The first-order valence-corrected chi connectivity index (χ1v) is 6.45. The van der Waals surface area contributed by atoms with Crippen LogP contribution in [0, 0.1) is 0 Å². The summed E-state index contributed by atoms with van der Waals surface area (Å²) in [4.78, 5) is 15.0. The van der Waals surface area contributed by atoms with Gasteiger partial charge < -0.3 is 9.72 Å². The number of aromatic amines is 1. The van der Waals surface area contributed by atoms with E-state index >= 15 is 0 Å². The van der Waals surface area contributed by atoms with E-state index in [1.807, 2.05) is 30.3 Å². The van der Waals surface area contributed by atoms with Gasteiger partial charge in [-0.15, -0.1) is 0 Å². The minimum atomic E-state index is -0.305. The number of H-pyrrole nitrogens is 1. The molecule has 96 valence electrons. The summed E-state index contributed by atoms with van der Waals surface area (Å²) in [6.45, 7) is 2.17. The van der Waals surface area contributed by atoms with Gasteiger partial charge in [0.15, 0.2) is 0 Å². The summed E-state index contributed by atoms with van der Waals surface area (Å²) in [5, 5.41) is 2.66. The Kier molecular flexibility index (Phi) is 2.91. The Bertz CT molecular complexity index is 776. The molecule has 0 saturated carbocycles. The molecule has 0 atom stereocenters. The van der Waals surface area contributed by atoms with Crippen LogP contribution in [0.25, 0.3) is 21.8 Å². The third-order valence-electron chi connectivity index (χ3n) is 3.09. The van der Waals surface area contributed by atoms with Crippen LogP contribution in [0.1, 0.15) is 17.3 Å². The number of aromatic nitrogens is 1. The summed E-state index contributed by atoms with van der Waals surface area (Å²) in [7, 11) is 0. The van der Waals surface area contributed by atoms with Crippen LogP contribution in [0.4, 0.5) is 0 Å². The van der Waals surface area contributed by atoms with Crippen LogP contribution in [0.3, 0.4) is 0 Å². The zero-order valence-corrected chi connectivity index (χ0v) is 11.1. The minimum Gasteiger partial charge on any atom is -0.462 e. The van der Waals surface area contributed by atoms with Gasteiger partial charge in [-0.25, -0.2) is 4.79 Å². The Balaban J connectivity index is 2.24. The number of hydrogen-bond acceptors (Lipinski definition) is 2. The molecule has 0 amide bonds. The van der Waals surface area contributed by atoms with E-state index in [4.69, 9.17) is 16.3 Å². The maximum Gasteiger partial charge on any atom is 0.338 e. The number of carbonyl (C=O) groups is 1. The van der Waals surface area contributed by atoms with Crippen LogP contribution in [-0.4, -0.2) is 17.6 Å². The number of halogens is 1. The Morgan fingerprint density at radius 2 is 2.11 bits per heavy atom. The molecule has 0 fully saturated rings. The van der Waals surface area contributed by atoms with Gasteiger partial charge >= 0.3 is 5.97 Å². The second-order valence-electron chi connectivity index (χ2n) is 4.27. The minimum absolute atomic E-state index is 0.305. The first-order chi connectivity index (χ1) is 9.20. The number of ether oxygens (including phenoxy) is 1. The van der Waals surface area contributed by atoms with Crippen LogP contribution in [0.2, 0.25) is 5.02 Å². The van der Waals surface area contributed by atoms with Crippen molar-refractivity contribution in [3.63, 3.8) is 0 Å². The third kappa shape index (κ3) is 1.96. The fourth-order valence-electron chi connectivity index (χ4n) is 2.23. The van der Waals surface area contributed by atoms with Crippen molar-refractivity contribution in [1.29, 1.82) is 0 Å². The van der Waals surface area contributed by atoms with Gasteiger partial charge in [-0.1, -0.05) is 23.7 Å². The molecular formula is C15H12ClNO2. The van der Waals surface area contributed by atoms with Crippen molar-refractivity contribution in [3.05, 3.63) is 47.0 Å². The van der Waals surface area contributed by atoms with Crippen LogP contribution < -0.4 is 0 Å². The second-order valence-corrected chi connectivity index (χ2v) is 4.68. The fraction of sp³-hybridized carbons (Fsp3) is 0.133. The van der Waals surface area contributed by atoms with Gasteiger partial charge in [0, 0.05) is 16.3 Å². The van der Waals surface area contributed by atoms with E-state index in [1.165, 1.54) is 0 Å². The highest BCUT2D eigenvalue weighted by atomic mass is 35.5. The number of nitrogens with one attached hydrogen (secondary N) is 1. The van der Waals surface area contributed by atoms with Gasteiger partial charge in [0.1, 0.15) is 0 Å². The molecule has 0 unspecified atom stereocenters. The summed E-state index contributed by atoms with van der Waals surface area (Å²) in [5.41, 5.74) is 2.39. The third-order valence-corrected chi connectivity index (χ3v) is 3.41. The molecule has 3 rings (SSSR count). The standard InChI is InChI=1S/C15H12ClNO2/c1-2-19-15(18)9-6-7-13-11(8-9)10-4-3-5-12(16)14(10)17-13/h3-8,17H,2H2,1H3. The first kappa shape index (κ1) is 12.1. The smallest absolute Gasteiger partial charge is 0.338 e. The summed E-state index contributed by atoms with van der Waals surface area (Å²) >= 11 is 6.16. The van der Waals surface area contributed by atoms with Crippen LogP contribution >= 0.6 is 11.6 Å². The van der Waals surface area contributed by atoms with Crippen molar-refractivity contribution < 1.29 is 9.53 Å². The molecule has 0 aliphatic carbocycles. The number of esters is 1. The zero-order valence-electron chi connectivity index (χ0n) is 10.4. The van der Waals surface area contributed by atoms with Gasteiger partial charge in [-0.2, -0.15) is 0 Å². The van der Waals surface area contributed by atoms with Gasteiger partial charge in [-0.05, 0) is 31.2 Å². The van der Waals surface area contributed by atoms with Crippen LogP contribution in [-0.2, 0) is 4.74 Å². The lowest BCUT2D eigenvalue weighted by Crippen LogP contribution is -2.03. The highest BCUT2D eigenvalue weighted by molar-refractivity contribution is 6.36. The SMILES string of the molecule is CCOC(=O)c1ccc2[nH]c3c(Cl)cccc3c2c1. The van der Waals surface area contributed by atoms with Crippen molar-refractivity contribution in [3.8, 4) is 0 Å². The molecule has 0 aliphatic heterocycles. The number of benzene rings is 2. The average Bonchev–Trinajstić information content (AvgIpc) is 2.78. The average molecular weight is 274 g/mol. The molecule has 0 bridgehead atoms. The lowest BCUT2D eigenvalue weighted by Gasteiger charge is -2.01.